The SMILES string of the molecule is c1ccc(-c2nc3nc4c(c(Nc5ccc6c(c5)OCCO6)n3n2)CCC4)cc1. The Balaban J connectivity index is 1.47. The number of ether oxygens (including phenoxy) is 2. The van der Waals surface area contributed by atoms with Crippen molar-refractivity contribution in [3.8, 4) is 22.9 Å². The van der Waals surface area contributed by atoms with Crippen molar-refractivity contribution in [1.82, 2.24) is 19.6 Å². The molecule has 29 heavy (non-hydrogen) atoms. The van der Waals surface area contributed by atoms with E-state index in [1.807, 2.05) is 53.0 Å². The van der Waals surface area contributed by atoms with Gasteiger partial charge in [0.05, 0.1) is 5.69 Å². The molecule has 1 aliphatic heterocycles. The molecule has 1 N–H and O–H groups in total. The molecule has 144 valence electrons. The fourth-order valence-corrected chi connectivity index (χ4v) is 3.98. The molecule has 4 aromatic rings. The van der Waals surface area contributed by atoms with E-state index in [0.717, 1.165) is 53.5 Å². The number of anilines is 2. The molecule has 0 saturated carbocycles. The zero-order valence-corrected chi connectivity index (χ0v) is 15.8. The second-order valence-corrected chi connectivity index (χ2v) is 7.24. The molecule has 0 radical (unpaired) electrons. The monoisotopic (exact) mass is 385 g/mol. The summed E-state index contributed by atoms with van der Waals surface area (Å²) < 4.78 is 13.2. The summed E-state index contributed by atoms with van der Waals surface area (Å²) in [7, 11) is 0. The number of aromatic nitrogens is 4. The lowest BCUT2D eigenvalue weighted by atomic mass is 10.2. The molecule has 3 heterocycles. The molecular weight excluding hydrogens is 366 g/mol. The molecule has 0 bridgehead atoms. The molecule has 7 heteroatoms. The van der Waals surface area contributed by atoms with Gasteiger partial charge < -0.3 is 14.8 Å². The summed E-state index contributed by atoms with van der Waals surface area (Å²) in [5.74, 6) is 3.75. The van der Waals surface area contributed by atoms with Gasteiger partial charge in [0.1, 0.15) is 19.0 Å². The maximum absolute atomic E-state index is 5.73. The Morgan fingerprint density at radius 2 is 1.76 bits per heavy atom. The largest absolute Gasteiger partial charge is 0.486 e. The van der Waals surface area contributed by atoms with Gasteiger partial charge in [0.25, 0.3) is 5.78 Å². The number of hydrogen-bond donors (Lipinski definition) is 1. The fraction of sp³-hybridized carbons (Fsp3) is 0.227. The van der Waals surface area contributed by atoms with Crippen LogP contribution in [0.2, 0.25) is 0 Å². The van der Waals surface area contributed by atoms with Crippen LogP contribution in [0.25, 0.3) is 17.2 Å². The maximum Gasteiger partial charge on any atom is 0.254 e. The van der Waals surface area contributed by atoms with Crippen molar-refractivity contribution in [1.29, 1.82) is 0 Å². The summed E-state index contributed by atoms with van der Waals surface area (Å²) in [5, 5.41) is 8.32. The van der Waals surface area contributed by atoms with Gasteiger partial charge in [-0.1, -0.05) is 30.3 Å². The predicted molar refractivity (Wildman–Crippen MR) is 109 cm³/mol. The van der Waals surface area contributed by atoms with E-state index in [-0.39, 0.29) is 0 Å². The smallest absolute Gasteiger partial charge is 0.254 e. The van der Waals surface area contributed by atoms with Crippen LogP contribution in [0.4, 0.5) is 11.5 Å². The van der Waals surface area contributed by atoms with E-state index in [9.17, 15) is 0 Å². The molecule has 0 spiro atoms. The molecule has 2 aromatic heterocycles. The first kappa shape index (κ1) is 16.4. The third-order valence-electron chi connectivity index (χ3n) is 5.35. The first-order valence-electron chi connectivity index (χ1n) is 9.86. The highest BCUT2D eigenvalue weighted by Gasteiger charge is 2.23. The lowest BCUT2D eigenvalue weighted by molar-refractivity contribution is 0.171. The molecule has 1 aliphatic carbocycles. The average Bonchev–Trinajstić information content (AvgIpc) is 3.41. The normalized spacial score (nSPS) is 14.8. The zero-order chi connectivity index (χ0) is 19.2. The van der Waals surface area contributed by atoms with Crippen molar-refractivity contribution in [2.24, 2.45) is 0 Å². The van der Waals surface area contributed by atoms with Crippen molar-refractivity contribution in [3.05, 3.63) is 59.8 Å². The number of benzene rings is 2. The second-order valence-electron chi connectivity index (χ2n) is 7.24. The second kappa shape index (κ2) is 6.48. The number of aryl methyl sites for hydroxylation is 1. The minimum atomic E-state index is 0.564. The number of rotatable bonds is 3. The molecule has 2 aromatic carbocycles. The summed E-state index contributed by atoms with van der Waals surface area (Å²) in [5.41, 5.74) is 4.21. The van der Waals surface area contributed by atoms with E-state index >= 15 is 0 Å². The minimum absolute atomic E-state index is 0.564. The topological polar surface area (TPSA) is 73.6 Å². The van der Waals surface area contributed by atoms with Crippen LogP contribution >= 0.6 is 0 Å². The van der Waals surface area contributed by atoms with Gasteiger partial charge in [-0.15, -0.1) is 5.10 Å². The highest BCUT2D eigenvalue weighted by molar-refractivity contribution is 5.68. The van der Waals surface area contributed by atoms with Gasteiger partial charge in [0, 0.05) is 22.9 Å². The van der Waals surface area contributed by atoms with Crippen molar-refractivity contribution in [2.75, 3.05) is 18.5 Å². The Kier molecular flexibility index (Phi) is 3.65. The van der Waals surface area contributed by atoms with Crippen LogP contribution in [0.1, 0.15) is 17.7 Å². The average molecular weight is 385 g/mol. The van der Waals surface area contributed by atoms with E-state index < -0.39 is 0 Å². The summed E-state index contributed by atoms with van der Waals surface area (Å²) in [4.78, 5) is 9.47. The van der Waals surface area contributed by atoms with Gasteiger partial charge in [-0.3, -0.25) is 0 Å². The Labute approximate surface area is 167 Å². The van der Waals surface area contributed by atoms with E-state index in [1.165, 1.54) is 5.56 Å². The lowest BCUT2D eigenvalue weighted by Crippen LogP contribution is -2.15. The summed E-state index contributed by atoms with van der Waals surface area (Å²) in [6, 6.07) is 15.9. The molecule has 0 amide bonds. The van der Waals surface area contributed by atoms with Crippen molar-refractivity contribution in [3.63, 3.8) is 0 Å². The minimum Gasteiger partial charge on any atom is -0.486 e. The highest BCUT2D eigenvalue weighted by Crippen LogP contribution is 2.36. The molecule has 0 atom stereocenters. The lowest BCUT2D eigenvalue weighted by Gasteiger charge is -2.19. The van der Waals surface area contributed by atoms with Gasteiger partial charge in [0.15, 0.2) is 17.3 Å². The molecule has 0 saturated heterocycles. The quantitative estimate of drug-likeness (QED) is 0.578. The highest BCUT2D eigenvalue weighted by atomic mass is 16.6. The number of fused-ring (bicyclic) bond motifs is 3. The van der Waals surface area contributed by atoms with Crippen molar-refractivity contribution < 1.29 is 9.47 Å². The van der Waals surface area contributed by atoms with Crippen molar-refractivity contribution >= 4 is 17.3 Å². The van der Waals surface area contributed by atoms with E-state index in [1.54, 1.807) is 0 Å². The fourth-order valence-electron chi connectivity index (χ4n) is 3.98. The first-order valence-corrected chi connectivity index (χ1v) is 9.86. The van der Waals surface area contributed by atoms with Crippen LogP contribution in [0, 0.1) is 0 Å². The summed E-state index contributed by atoms with van der Waals surface area (Å²) in [6.45, 7) is 1.15. The van der Waals surface area contributed by atoms with E-state index in [0.29, 0.717) is 24.8 Å². The zero-order valence-electron chi connectivity index (χ0n) is 15.8. The first-order chi connectivity index (χ1) is 14.3. The van der Waals surface area contributed by atoms with E-state index in [2.05, 4.69) is 10.3 Å². The predicted octanol–water partition coefficient (Wildman–Crippen LogP) is 3.79. The van der Waals surface area contributed by atoms with Crippen LogP contribution in [-0.2, 0) is 12.8 Å². The van der Waals surface area contributed by atoms with Crippen LogP contribution in [-0.4, -0.2) is 32.8 Å². The van der Waals surface area contributed by atoms with Crippen LogP contribution < -0.4 is 14.8 Å². The molecule has 6 rings (SSSR count). The van der Waals surface area contributed by atoms with Gasteiger partial charge in [0.2, 0.25) is 0 Å². The van der Waals surface area contributed by atoms with Gasteiger partial charge in [-0.2, -0.15) is 9.50 Å². The van der Waals surface area contributed by atoms with Crippen LogP contribution in [0.5, 0.6) is 11.5 Å². The number of hydrogen-bond acceptors (Lipinski definition) is 6. The molecule has 2 aliphatic rings. The maximum atomic E-state index is 5.73. The molecule has 0 fully saturated rings. The summed E-state index contributed by atoms with van der Waals surface area (Å²) >= 11 is 0. The Bertz CT molecular complexity index is 1220. The number of nitrogens with one attached hydrogen (secondary N) is 1. The van der Waals surface area contributed by atoms with Crippen LogP contribution in [0.15, 0.2) is 48.5 Å². The molecule has 7 nitrogen and oxygen atoms in total. The standard InChI is InChI=1S/C22H19N5O2/c1-2-5-14(6-3-1)20-25-22-24-17-8-4-7-16(17)21(27(22)26-20)23-15-9-10-18-19(13-15)29-12-11-28-18/h1-3,5-6,9-10,13,23H,4,7-8,11-12H2. The third kappa shape index (κ3) is 2.77. The third-order valence-corrected chi connectivity index (χ3v) is 5.35. The van der Waals surface area contributed by atoms with Gasteiger partial charge >= 0.3 is 0 Å². The van der Waals surface area contributed by atoms with Crippen molar-refractivity contribution in [2.45, 2.75) is 19.3 Å². The molecule has 0 unspecified atom stereocenters. The van der Waals surface area contributed by atoms with Gasteiger partial charge in [-0.05, 0) is 31.4 Å². The number of nitrogens with zero attached hydrogens (tertiary/aromatic N) is 4. The van der Waals surface area contributed by atoms with E-state index in [4.69, 9.17) is 19.6 Å². The molecular formula is C22H19N5O2. The van der Waals surface area contributed by atoms with Crippen LogP contribution in [0.3, 0.4) is 0 Å². The Morgan fingerprint density at radius 1 is 0.897 bits per heavy atom. The Morgan fingerprint density at radius 3 is 2.66 bits per heavy atom. The van der Waals surface area contributed by atoms with Gasteiger partial charge in [-0.25, -0.2) is 4.98 Å². The summed E-state index contributed by atoms with van der Waals surface area (Å²) in [6.07, 6.45) is 3.04. The Hall–Kier alpha value is -3.61.